The first-order valence-corrected chi connectivity index (χ1v) is 9.26. The minimum absolute atomic E-state index is 0.0126. The van der Waals surface area contributed by atoms with Crippen molar-refractivity contribution in [2.24, 2.45) is 0 Å². The van der Waals surface area contributed by atoms with E-state index < -0.39 is 30.2 Å². The van der Waals surface area contributed by atoms with Crippen molar-refractivity contribution < 1.29 is 18.8 Å². The van der Waals surface area contributed by atoms with E-state index in [2.05, 4.69) is 29.0 Å². The zero-order valence-corrected chi connectivity index (χ0v) is 16.7. The number of nitrogens with zero attached hydrogens (tertiary/aromatic N) is 2. The van der Waals surface area contributed by atoms with Crippen LogP contribution in [0.1, 0.15) is 36.8 Å². The molecule has 4 amide bonds. The Kier molecular flexibility index (Phi) is 5.54. The lowest BCUT2D eigenvalue weighted by Crippen LogP contribution is -2.38. The number of carbonyl (C=O) groups excluding carboxylic acids is 3. The molecule has 0 unspecified atom stereocenters. The van der Waals surface area contributed by atoms with Crippen molar-refractivity contribution >= 4 is 29.6 Å². The van der Waals surface area contributed by atoms with Crippen molar-refractivity contribution in [3.05, 3.63) is 58.8 Å². The summed E-state index contributed by atoms with van der Waals surface area (Å²) < 4.78 is 15.8. The maximum Gasteiger partial charge on any atom is 0.329 e. The molecule has 1 aliphatic heterocycles. The van der Waals surface area contributed by atoms with Gasteiger partial charge < -0.3 is 15.2 Å². The summed E-state index contributed by atoms with van der Waals surface area (Å²) in [6, 6.07) is 7.18. The Morgan fingerprint density at radius 2 is 1.93 bits per heavy atom. The van der Waals surface area contributed by atoms with Gasteiger partial charge in [0.1, 0.15) is 18.1 Å². The number of rotatable bonds is 5. The number of hydrogen-bond donors (Lipinski definition) is 2. The van der Waals surface area contributed by atoms with E-state index in [9.17, 15) is 18.8 Å². The van der Waals surface area contributed by atoms with Gasteiger partial charge in [-0.3, -0.25) is 9.59 Å². The highest BCUT2D eigenvalue weighted by atomic mass is 19.1. The van der Waals surface area contributed by atoms with Gasteiger partial charge in [0.05, 0.1) is 5.69 Å². The maximum atomic E-state index is 13.7. The molecule has 0 saturated carbocycles. The second-order valence-electron chi connectivity index (χ2n) is 7.20. The predicted molar refractivity (Wildman–Crippen MR) is 108 cm³/mol. The Balaban J connectivity index is 1.76. The molecule has 2 aromatic rings. The molecule has 1 aromatic heterocycles. The minimum atomic E-state index is -0.692. The first kappa shape index (κ1) is 20.3. The lowest BCUT2D eigenvalue weighted by Gasteiger charge is -2.13. The third-order valence-electron chi connectivity index (χ3n) is 4.75. The number of amides is 4. The summed E-state index contributed by atoms with van der Waals surface area (Å²) in [6.07, 6.45) is 1.61. The topological polar surface area (TPSA) is 83.4 Å². The molecule has 1 saturated heterocycles. The van der Waals surface area contributed by atoms with Gasteiger partial charge in [0.2, 0.25) is 5.91 Å². The van der Waals surface area contributed by atoms with Crippen molar-refractivity contribution in [1.29, 1.82) is 0 Å². The van der Waals surface area contributed by atoms with Crippen LogP contribution in [0.5, 0.6) is 0 Å². The zero-order chi connectivity index (χ0) is 21.3. The van der Waals surface area contributed by atoms with E-state index in [1.807, 2.05) is 19.9 Å². The van der Waals surface area contributed by atoms with Gasteiger partial charge in [-0.2, -0.15) is 0 Å². The standard InChI is InChI=1S/C21H23FN4O3/c1-12(2)26-13(3)9-15(14(26)4)10-18-20(28)25(21(29)24-18)11-19(27)23-17-8-6-5-7-16(17)22/h5-10,12H,11H2,1-4H3,(H,23,27)(H,24,29)/b18-10+. The fourth-order valence-corrected chi connectivity index (χ4v) is 3.51. The Labute approximate surface area is 168 Å². The van der Waals surface area contributed by atoms with Crippen LogP contribution in [0.3, 0.4) is 0 Å². The number of aromatic nitrogens is 1. The largest absolute Gasteiger partial charge is 0.346 e. The van der Waals surface area contributed by atoms with Gasteiger partial charge in [-0.05, 0) is 57.5 Å². The van der Waals surface area contributed by atoms with Crippen LogP contribution >= 0.6 is 0 Å². The third-order valence-corrected chi connectivity index (χ3v) is 4.75. The lowest BCUT2D eigenvalue weighted by molar-refractivity contribution is -0.127. The molecule has 152 valence electrons. The fourth-order valence-electron chi connectivity index (χ4n) is 3.51. The molecule has 7 nitrogen and oxygen atoms in total. The highest BCUT2D eigenvalue weighted by molar-refractivity contribution is 6.16. The summed E-state index contributed by atoms with van der Waals surface area (Å²) in [5, 5.41) is 4.87. The molecule has 29 heavy (non-hydrogen) atoms. The van der Waals surface area contributed by atoms with Gasteiger partial charge in [-0.1, -0.05) is 12.1 Å². The Morgan fingerprint density at radius 3 is 2.55 bits per heavy atom. The SMILES string of the molecule is Cc1cc(/C=C2/NC(=O)N(CC(=O)Nc3ccccc3F)C2=O)c(C)n1C(C)C. The van der Waals surface area contributed by atoms with Crippen LogP contribution in [-0.4, -0.2) is 33.9 Å². The summed E-state index contributed by atoms with van der Waals surface area (Å²) in [5.41, 5.74) is 2.92. The number of halogens is 1. The van der Waals surface area contributed by atoms with Crippen molar-refractivity contribution in [3.8, 4) is 0 Å². The van der Waals surface area contributed by atoms with Crippen LogP contribution in [0, 0.1) is 19.7 Å². The van der Waals surface area contributed by atoms with E-state index in [-0.39, 0.29) is 17.4 Å². The van der Waals surface area contributed by atoms with Crippen molar-refractivity contribution in [1.82, 2.24) is 14.8 Å². The third kappa shape index (κ3) is 4.06. The second kappa shape index (κ2) is 7.90. The molecule has 3 rings (SSSR count). The second-order valence-corrected chi connectivity index (χ2v) is 7.20. The maximum absolute atomic E-state index is 13.7. The molecule has 1 aromatic carbocycles. The van der Waals surface area contributed by atoms with Gasteiger partial charge in [-0.25, -0.2) is 14.1 Å². The van der Waals surface area contributed by atoms with Crippen LogP contribution in [0.4, 0.5) is 14.9 Å². The van der Waals surface area contributed by atoms with E-state index in [4.69, 9.17) is 0 Å². The number of benzene rings is 1. The van der Waals surface area contributed by atoms with Crippen LogP contribution in [0.25, 0.3) is 6.08 Å². The molecule has 0 bridgehead atoms. The fraction of sp³-hybridized carbons (Fsp3) is 0.286. The smallest absolute Gasteiger partial charge is 0.329 e. The van der Waals surface area contributed by atoms with Crippen LogP contribution in [0.15, 0.2) is 36.0 Å². The number of anilines is 1. The lowest BCUT2D eigenvalue weighted by atomic mass is 10.2. The number of hydrogen-bond acceptors (Lipinski definition) is 3. The van der Waals surface area contributed by atoms with Crippen LogP contribution < -0.4 is 10.6 Å². The van der Waals surface area contributed by atoms with Gasteiger partial charge in [-0.15, -0.1) is 0 Å². The van der Waals surface area contributed by atoms with E-state index in [1.54, 1.807) is 12.1 Å². The monoisotopic (exact) mass is 398 g/mol. The molecular formula is C21H23FN4O3. The summed E-state index contributed by atoms with van der Waals surface area (Å²) in [4.78, 5) is 37.8. The molecule has 1 aliphatic rings. The number of para-hydroxylation sites is 1. The van der Waals surface area contributed by atoms with Crippen molar-refractivity contribution in [3.63, 3.8) is 0 Å². The molecule has 0 atom stereocenters. The van der Waals surface area contributed by atoms with Crippen LogP contribution in [-0.2, 0) is 9.59 Å². The number of aryl methyl sites for hydroxylation is 1. The highest BCUT2D eigenvalue weighted by Gasteiger charge is 2.35. The van der Waals surface area contributed by atoms with Gasteiger partial charge in [0.15, 0.2) is 0 Å². The highest BCUT2D eigenvalue weighted by Crippen LogP contribution is 2.23. The Morgan fingerprint density at radius 1 is 1.24 bits per heavy atom. The molecule has 0 aliphatic carbocycles. The number of urea groups is 1. The summed E-state index contributed by atoms with van der Waals surface area (Å²) in [5.74, 6) is -1.87. The molecule has 0 spiro atoms. The average molecular weight is 398 g/mol. The molecule has 8 heteroatoms. The normalized spacial score (nSPS) is 15.4. The number of carbonyl (C=O) groups is 3. The Bertz CT molecular complexity index is 1020. The number of nitrogens with one attached hydrogen (secondary N) is 2. The molecule has 2 heterocycles. The molecular weight excluding hydrogens is 375 g/mol. The Hall–Kier alpha value is -3.42. The summed E-state index contributed by atoms with van der Waals surface area (Å²) in [6.45, 7) is 7.54. The summed E-state index contributed by atoms with van der Waals surface area (Å²) in [7, 11) is 0. The van der Waals surface area contributed by atoms with Gasteiger partial charge in [0, 0.05) is 17.4 Å². The van der Waals surface area contributed by atoms with Crippen molar-refractivity contribution in [2.75, 3.05) is 11.9 Å². The van der Waals surface area contributed by atoms with E-state index in [0.717, 1.165) is 21.9 Å². The summed E-state index contributed by atoms with van der Waals surface area (Å²) >= 11 is 0. The van der Waals surface area contributed by atoms with Gasteiger partial charge in [0.25, 0.3) is 5.91 Å². The van der Waals surface area contributed by atoms with Crippen molar-refractivity contribution in [2.45, 2.75) is 33.7 Å². The first-order chi connectivity index (χ1) is 13.7. The zero-order valence-electron chi connectivity index (χ0n) is 16.7. The molecule has 2 N–H and O–H groups in total. The van der Waals surface area contributed by atoms with Crippen LogP contribution in [0.2, 0.25) is 0 Å². The first-order valence-electron chi connectivity index (χ1n) is 9.26. The van der Waals surface area contributed by atoms with Gasteiger partial charge >= 0.3 is 6.03 Å². The molecule has 1 fully saturated rings. The molecule has 0 radical (unpaired) electrons. The number of imide groups is 1. The van der Waals surface area contributed by atoms with E-state index in [0.29, 0.717) is 0 Å². The average Bonchev–Trinajstić information content (AvgIpc) is 3.07. The van der Waals surface area contributed by atoms with E-state index >= 15 is 0 Å². The quantitative estimate of drug-likeness (QED) is 0.598. The minimum Gasteiger partial charge on any atom is -0.346 e. The van der Waals surface area contributed by atoms with E-state index in [1.165, 1.54) is 18.2 Å². The predicted octanol–water partition coefficient (Wildman–Crippen LogP) is 3.36.